The van der Waals surface area contributed by atoms with Crippen LogP contribution in [0.5, 0.6) is 0 Å². The Hall–Kier alpha value is -0.450. The first kappa shape index (κ1) is 15.6. The average molecular weight is 289 g/mol. The van der Waals surface area contributed by atoms with E-state index in [1.807, 2.05) is 51.1 Å². The maximum Gasteiger partial charge on any atom is 0.129 e. The number of rotatable bonds is 4. The number of nitrogens with zero attached hydrogens (tertiary/aromatic N) is 2. The molecule has 0 saturated heterocycles. The van der Waals surface area contributed by atoms with Crippen molar-refractivity contribution < 1.29 is 4.21 Å². The van der Waals surface area contributed by atoms with Gasteiger partial charge in [-0.1, -0.05) is 18.5 Å². The Balaban J connectivity index is 2.99. The van der Waals surface area contributed by atoms with Crippen LogP contribution in [0.3, 0.4) is 0 Å². The SMILES string of the molecule is CCN([C@@H](C)c1ccnc(Cl)c1)[S@@](=O)C(C)(C)C. The summed E-state index contributed by atoms with van der Waals surface area (Å²) in [4.78, 5) is 3.97. The fourth-order valence-corrected chi connectivity index (χ4v) is 3.26. The van der Waals surface area contributed by atoms with Crippen LogP contribution in [0.2, 0.25) is 5.15 Å². The lowest BCUT2D eigenvalue weighted by Crippen LogP contribution is -2.39. The Morgan fingerprint density at radius 2 is 2.11 bits per heavy atom. The highest BCUT2D eigenvalue weighted by atomic mass is 35.5. The van der Waals surface area contributed by atoms with Crippen LogP contribution in [0.15, 0.2) is 18.3 Å². The molecule has 0 unspecified atom stereocenters. The minimum atomic E-state index is -1.04. The van der Waals surface area contributed by atoms with Crippen molar-refractivity contribution in [2.24, 2.45) is 0 Å². The van der Waals surface area contributed by atoms with Crippen molar-refractivity contribution in [2.75, 3.05) is 6.54 Å². The van der Waals surface area contributed by atoms with Gasteiger partial charge in [-0.05, 0) is 45.4 Å². The number of hydrogen-bond acceptors (Lipinski definition) is 2. The van der Waals surface area contributed by atoms with E-state index in [1.54, 1.807) is 6.20 Å². The molecule has 2 atom stereocenters. The molecule has 1 aromatic heterocycles. The van der Waals surface area contributed by atoms with Crippen LogP contribution in [-0.2, 0) is 11.0 Å². The predicted octanol–water partition coefficient (Wildman–Crippen LogP) is 3.58. The summed E-state index contributed by atoms with van der Waals surface area (Å²) in [5, 5.41) is 0.469. The third kappa shape index (κ3) is 3.77. The summed E-state index contributed by atoms with van der Waals surface area (Å²) >= 11 is 5.90. The monoisotopic (exact) mass is 288 g/mol. The van der Waals surface area contributed by atoms with Gasteiger partial charge < -0.3 is 0 Å². The summed E-state index contributed by atoms with van der Waals surface area (Å²) in [5.41, 5.74) is 1.04. The molecule has 0 aliphatic rings. The molecule has 0 spiro atoms. The minimum absolute atomic E-state index is 0.0514. The third-order valence-electron chi connectivity index (χ3n) is 2.71. The van der Waals surface area contributed by atoms with Gasteiger partial charge in [0.25, 0.3) is 0 Å². The second-order valence-electron chi connectivity index (χ2n) is 5.18. The second kappa shape index (κ2) is 6.13. The highest BCUT2D eigenvalue weighted by Crippen LogP contribution is 2.27. The van der Waals surface area contributed by atoms with Gasteiger partial charge in [0.15, 0.2) is 0 Å². The van der Waals surface area contributed by atoms with Gasteiger partial charge in [-0.15, -0.1) is 0 Å². The molecule has 1 heterocycles. The Bertz CT molecular complexity index is 431. The largest absolute Gasteiger partial charge is 0.245 e. The summed E-state index contributed by atoms with van der Waals surface area (Å²) in [6, 6.07) is 3.80. The van der Waals surface area contributed by atoms with Gasteiger partial charge in [0, 0.05) is 18.8 Å². The lowest BCUT2D eigenvalue weighted by Gasteiger charge is -2.32. The first-order chi connectivity index (χ1) is 8.27. The highest BCUT2D eigenvalue weighted by Gasteiger charge is 2.29. The summed E-state index contributed by atoms with van der Waals surface area (Å²) in [6.07, 6.45) is 1.68. The standard InChI is InChI=1S/C13H21ClN2OS/c1-6-16(18(17)13(3,4)5)10(2)11-7-8-15-12(14)9-11/h7-10H,6H2,1-5H3/t10-,18-/m0/s1. The molecule has 0 saturated carbocycles. The van der Waals surface area contributed by atoms with Crippen LogP contribution in [-0.4, -0.2) is 24.8 Å². The number of aromatic nitrogens is 1. The van der Waals surface area contributed by atoms with Crippen molar-refractivity contribution in [3.63, 3.8) is 0 Å². The second-order valence-corrected chi connectivity index (χ2v) is 7.76. The van der Waals surface area contributed by atoms with Gasteiger partial charge in [-0.2, -0.15) is 0 Å². The molecule has 0 bridgehead atoms. The zero-order valence-electron chi connectivity index (χ0n) is 11.6. The summed E-state index contributed by atoms with van der Waals surface area (Å²) in [5.74, 6) is 0. The molecular weight excluding hydrogens is 268 g/mol. The molecule has 0 aliphatic heterocycles. The minimum Gasteiger partial charge on any atom is -0.245 e. The van der Waals surface area contributed by atoms with E-state index in [2.05, 4.69) is 4.98 Å². The van der Waals surface area contributed by atoms with Crippen LogP contribution in [0, 0.1) is 0 Å². The van der Waals surface area contributed by atoms with Crippen LogP contribution < -0.4 is 0 Å². The molecule has 0 fully saturated rings. The molecule has 18 heavy (non-hydrogen) atoms. The third-order valence-corrected chi connectivity index (χ3v) is 4.97. The van der Waals surface area contributed by atoms with E-state index in [9.17, 15) is 4.21 Å². The molecule has 0 aliphatic carbocycles. The number of halogens is 1. The van der Waals surface area contributed by atoms with Crippen molar-refractivity contribution in [1.29, 1.82) is 0 Å². The summed E-state index contributed by atoms with van der Waals surface area (Å²) in [6.45, 7) is 10.7. The summed E-state index contributed by atoms with van der Waals surface area (Å²) in [7, 11) is -1.04. The van der Waals surface area contributed by atoms with Crippen LogP contribution in [0.1, 0.15) is 46.2 Å². The molecule has 0 amide bonds. The highest BCUT2D eigenvalue weighted by molar-refractivity contribution is 7.84. The maximum absolute atomic E-state index is 12.5. The van der Waals surface area contributed by atoms with Crippen molar-refractivity contribution >= 4 is 22.6 Å². The van der Waals surface area contributed by atoms with Crippen molar-refractivity contribution in [2.45, 2.75) is 45.4 Å². The smallest absolute Gasteiger partial charge is 0.129 e. The van der Waals surface area contributed by atoms with E-state index in [-0.39, 0.29) is 10.8 Å². The average Bonchev–Trinajstić information content (AvgIpc) is 2.28. The Kier molecular flexibility index (Phi) is 5.32. The topological polar surface area (TPSA) is 33.2 Å². The zero-order chi connectivity index (χ0) is 13.9. The fraction of sp³-hybridized carbons (Fsp3) is 0.615. The number of hydrogen-bond donors (Lipinski definition) is 0. The Morgan fingerprint density at radius 3 is 2.56 bits per heavy atom. The van der Waals surface area contributed by atoms with Crippen LogP contribution in [0.25, 0.3) is 0 Å². The van der Waals surface area contributed by atoms with E-state index in [1.165, 1.54) is 0 Å². The maximum atomic E-state index is 12.5. The van der Waals surface area contributed by atoms with E-state index in [0.717, 1.165) is 12.1 Å². The van der Waals surface area contributed by atoms with Crippen molar-refractivity contribution in [1.82, 2.24) is 9.29 Å². The van der Waals surface area contributed by atoms with Crippen LogP contribution >= 0.6 is 11.6 Å². The van der Waals surface area contributed by atoms with Gasteiger partial charge in [0.1, 0.15) is 16.1 Å². The van der Waals surface area contributed by atoms with Crippen molar-refractivity contribution in [3.05, 3.63) is 29.0 Å². The van der Waals surface area contributed by atoms with Crippen molar-refractivity contribution in [3.8, 4) is 0 Å². The molecule has 3 nitrogen and oxygen atoms in total. The van der Waals surface area contributed by atoms with Gasteiger partial charge in [-0.25, -0.2) is 13.5 Å². The zero-order valence-corrected chi connectivity index (χ0v) is 13.2. The molecular formula is C13H21ClN2OS. The molecule has 5 heteroatoms. The first-order valence-corrected chi connectivity index (χ1v) is 7.56. The quantitative estimate of drug-likeness (QED) is 0.794. The Labute approximate surface area is 117 Å². The van der Waals surface area contributed by atoms with E-state index < -0.39 is 11.0 Å². The van der Waals surface area contributed by atoms with E-state index in [4.69, 9.17) is 11.6 Å². The number of pyridine rings is 1. The lowest BCUT2D eigenvalue weighted by atomic mass is 10.1. The first-order valence-electron chi connectivity index (χ1n) is 6.07. The van der Waals surface area contributed by atoms with Gasteiger partial charge in [0.05, 0.1) is 4.75 Å². The van der Waals surface area contributed by atoms with E-state index in [0.29, 0.717) is 5.15 Å². The molecule has 102 valence electrons. The predicted molar refractivity (Wildman–Crippen MR) is 77.9 cm³/mol. The Morgan fingerprint density at radius 1 is 1.50 bits per heavy atom. The fourth-order valence-electron chi connectivity index (χ4n) is 1.73. The molecule has 0 N–H and O–H groups in total. The molecule has 0 radical (unpaired) electrons. The molecule has 0 aromatic carbocycles. The van der Waals surface area contributed by atoms with E-state index >= 15 is 0 Å². The lowest BCUT2D eigenvalue weighted by molar-refractivity contribution is 0.372. The summed E-state index contributed by atoms with van der Waals surface area (Å²) < 4.78 is 14.2. The van der Waals surface area contributed by atoms with Crippen LogP contribution in [0.4, 0.5) is 0 Å². The molecule has 1 aromatic rings. The van der Waals surface area contributed by atoms with Gasteiger partial charge in [-0.3, -0.25) is 0 Å². The van der Waals surface area contributed by atoms with Gasteiger partial charge in [0.2, 0.25) is 0 Å². The normalized spacial score (nSPS) is 15.7. The van der Waals surface area contributed by atoms with Gasteiger partial charge >= 0.3 is 0 Å². The molecule has 1 rings (SSSR count).